The number of carbonyl (C=O) groups excluding carboxylic acids is 1. The molecule has 23 heavy (non-hydrogen) atoms. The SMILES string of the molecule is CC(Cn1cccn1)NCCN(C(=O)OC(C)(C)C)C(C)(C)C. The average Bonchev–Trinajstić information content (AvgIpc) is 2.83. The summed E-state index contributed by atoms with van der Waals surface area (Å²) in [5.74, 6) is 0. The standard InChI is InChI=1S/C17H32N4O2/c1-14(13-20-11-8-9-19-20)18-10-12-21(16(2,3)4)15(22)23-17(5,6)7/h8-9,11,14,18H,10,12-13H2,1-7H3. The van der Waals surface area contributed by atoms with Crippen LogP contribution in [0.4, 0.5) is 4.79 Å². The highest BCUT2D eigenvalue weighted by atomic mass is 16.6. The van der Waals surface area contributed by atoms with Crippen LogP contribution in [0, 0.1) is 0 Å². The Hall–Kier alpha value is -1.56. The molecule has 0 bridgehead atoms. The van der Waals surface area contributed by atoms with Crippen molar-refractivity contribution in [1.82, 2.24) is 20.0 Å². The first-order valence-corrected chi connectivity index (χ1v) is 8.20. The molecule has 0 saturated heterocycles. The molecule has 0 spiro atoms. The number of amides is 1. The first-order chi connectivity index (χ1) is 10.5. The number of carbonyl (C=O) groups is 1. The predicted molar refractivity (Wildman–Crippen MR) is 92.4 cm³/mol. The Kier molecular flexibility index (Phi) is 6.62. The largest absolute Gasteiger partial charge is 0.444 e. The Bertz CT molecular complexity index is 472. The molecule has 0 radical (unpaired) electrons. The van der Waals surface area contributed by atoms with E-state index in [9.17, 15) is 4.79 Å². The smallest absolute Gasteiger partial charge is 0.410 e. The van der Waals surface area contributed by atoms with Crippen molar-refractivity contribution < 1.29 is 9.53 Å². The molecule has 1 amide bonds. The van der Waals surface area contributed by atoms with Crippen LogP contribution < -0.4 is 5.32 Å². The summed E-state index contributed by atoms with van der Waals surface area (Å²) in [6.07, 6.45) is 3.45. The van der Waals surface area contributed by atoms with Gasteiger partial charge in [-0.25, -0.2) is 4.79 Å². The topological polar surface area (TPSA) is 59.4 Å². The van der Waals surface area contributed by atoms with Crippen molar-refractivity contribution in [3.63, 3.8) is 0 Å². The minimum Gasteiger partial charge on any atom is -0.444 e. The Balaban J connectivity index is 2.50. The van der Waals surface area contributed by atoms with Gasteiger partial charge in [0.2, 0.25) is 0 Å². The molecule has 6 nitrogen and oxygen atoms in total. The zero-order valence-corrected chi connectivity index (χ0v) is 15.6. The molecule has 1 atom stereocenters. The molecule has 1 aromatic heterocycles. The van der Waals surface area contributed by atoms with E-state index in [2.05, 4.69) is 17.3 Å². The maximum atomic E-state index is 12.4. The summed E-state index contributed by atoms with van der Waals surface area (Å²) in [5, 5.41) is 7.63. The highest BCUT2D eigenvalue weighted by Crippen LogP contribution is 2.17. The summed E-state index contributed by atoms with van der Waals surface area (Å²) in [7, 11) is 0. The highest BCUT2D eigenvalue weighted by Gasteiger charge is 2.30. The van der Waals surface area contributed by atoms with Gasteiger partial charge < -0.3 is 15.0 Å². The molecular weight excluding hydrogens is 292 g/mol. The van der Waals surface area contributed by atoms with Crippen LogP contribution in [-0.4, -0.2) is 51.0 Å². The van der Waals surface area contributed by atoms with Crippen molar-refractivity contribution in [2.45, 2.75) is 72.2 Å². The number of hydrogen-bond donors (Lipinski definition) is 1. The van der Waals surface area contributed by atoms with Gasteiger partial charge in [0, 0.05) is 37.1 Å². The fraction of sp³-hybridized carbons (Fsp3) is 0.765. The van der Waals surface area contributed by atoms with Gasteiger partial charge in [-0.1, -0.05) is 0 Å². The molecule has 0 saturated carbocycles. The zero-order valence-electron chi connectivity index (χ0n) is 15.6. The molecule has 1 aromatic rings. The molecular formula is C17H32N4O2. The van der Waals surface area contributed by atoms with Crippen molar-refractivity contribution in [3.8, 4) is 0 Å². The van der Waals surface area contributed by atoms with Gasteiger partial charge in [0.05, 0.1) is 6.54 Å². The lowest BCUT2D eigenvalue weighted by molar-refractivity contribution is 0.00645. The third kappa shape index (κ3) is 7.50. The molecule has 1 unspecified atom stereocenters. The molecule has 132 valence electrons. The number of rotatable bonds is 6. The van der Waals surface area contributed by atoms with E-state index in [1.54, 1.807) is 11.1 Å². The van der Waals surface area contributed by atoms with E-state index < -0.39 is 5.60 Å². The second kappa shape index (κ2) is 7.81. The van der Waals surface area contributed by atoms with E-state index in [0.29, 0.717) is 13.1 Å². The Morgan fingerprint density at radius 1 is 1.30 bits per heavy atom. The van der Waals surface area contributed by atoms with E-state index in [1.165, 1.54) is 0 Å². The highest BCUT2D eigenvalue weighted by molar-refractivity contribution is 5.69. The van der Waals surface area contributed by atoms with Crippen molar-refractivity contribution >= 4 is 6.09 Å². The zero-order chi connectivity index (χ0) is 17.7. The van der Waals surface area contributed by atoms with E-state index in [0.717, 1.165) is 6.54 Å². The van der Waals surface area contributed by atoms with E-state index in [1.807, 2.05) is 58.5 Å². The van der Waals surface area contributed by atoms with Crippen molar-refractivity contribution in [2.24, 2.45) is 0 Å². The van der Waals surface area contributed by atoms with Crippen LogP contribution in [0.15, 0.2) is 18.5 Å². The molecule has 0 aliphatic carbocycles. The Morgan fingerprint density at radius 2 is 1.96 bits per heavy atom. The molecule has 0 aliphatic heterocycles. The quantitative estimate of drug-likeness (QED) is 0.874. The van der Waals surface area contributed by atoms with Crippen LogP contribution in [0.25, 0.3) is 0 Å². The Labute approximate surface area is 140 Å². The van der Waals surface area contributed by atoms with Crippen LogP contribution >= 0.6 is 0 Å². The van der Waals surface area contributed by atoms with Gasteiger partial charge in [-0.3, -0.25) is 4.68 Å². The second-order valence-electron chi connectivity index (χ2n) is 7.89. The maximum Gasteiger partial charge on any atom is 0.410 e. The summed E-state index contributed by atoms with van der Waals surface area (Å²) >= 11 is 0. The number of nitrogens with zero attached hydrogens (tertiary/aromatic N) is 3. The number of ether oxygens (including phenoxy) is 1. The van der Waals surface area contributed by atoms with Crippen molar-refractivity contribution in [1.29, 1.82) is 0 Å². The van der Waals surface area contributed by atoms with Gasteiger partial charge in [0.15, 0.2) is 0 Å². The molecule has 1 heterocycles. The molecule has 0 aromatic carbocycles. The van der Waals surface area contributed by atoms with Gasteiger partial charge in [0.25, 0.3) is 0 Å². The lowest BCUT2D eigenvalue weighted by Gasteiger charge is -2.37. The number of hydrogen-bond acceptors (Lipinski definition) is 4. The van der Waals surface area contributed by atoms with E-state index >= 15 is 0 Å². The minimum atomic E-state index is -0.485. The van der Waals surface area contributed by atoms with Gasteiger partial charge in [0.1, 0.15) is 5.60 Å². The van der Waals surface area contributed by atoms with Crippen LogP contribution in [0.2, 0.25) is 0 Å². The monoisotopic (exact) mass is 324 g/mol. The summed E-state index contributed by atoms with van der Waals surface area (Å²) in [5.41, 5.74) is -0.767. The second-order valence-corrected chi connectivity index (χ2v) is 7.89. The molecule has 0 fully saturated rings. The third-order valence-electron chi connectivity index (χ3n) is 3.27. The maximum absolute atomic E-state index is 12.4. The lowest BCUT2D eigenvalue weighted by atomic mass is 10.1. The fourth-order valence-corrected chi connectivity index (χ4v) is 2.19. The normalized spacial score (nSPS) is 13.7. The minimum absolute atomic E-state index is 0.272. The number of aromatic nitrogens is 2. The van der Waals surface area contributed by atoms with Crippen LogP contribution in [-0.2, 0) is 11.3 Å². The summed E-state index contributed by atoms with van der Waals surface area (Å²) < 4.78 is 7.41. The molecule has 0 aliphatic rings. The summed E-state index contributed by atoms with van der Waals surface area (Å²) in [6.45, 7) is 15.9. The number of nitrogens with one attached hydrogen (secondary N) is 1. The lowest BCUT2D eigenvalue weighted by Crippen LogP contribution is -2.51. The van der Waals surface area contributed by atoms with Gasteiger partial charge in [-0.2, -0.15) is 5.10 Å². The fourth-order valence-electron chi connectivity index (χ4n) is 2.19. The molecule has 6 heteroatoms. The van der Waals surface area contributed by atoms with Gasteiger partial charge in [-0.05, 0) is 54.5 Å². The average molecular weight is 324 g/mol. The predicted octanol–water partition coefficient (Wildman–Crippen LogP) is 2.90. The Morgan fingerprint density at radius 3 is 2.43 bits per heavy atom. The van der Waals surface area contributed by atoms with Gasteiger partial charge in [-0.15, -0.1) is 0 Å². The van der Waals surface area contributed by atoms with Crippen molar-refractivity contribution in [3.05, 3.63) is 18.5 Å². The molecule has 1 N–H and O–H groups in total. The van der Waals surface area contributed by atoms with Crippen LogP contribution in [0.1, 0.15) is 48.5 Å². The third-order valence-corrected chi connectivity index (χ3v) is 3.27. The van der Waals surface area contributed by atoms with E-state index in [4.69, 9.17) is 4.74 Å². The van der Waals surface area contributed by atoms with Crippen molar-refractivity contribution in [2.75, 3.05) is 13.1 Å². The van der Waals surface area contributed by atoms with E-state index in [-0.39, 0.29) is 17.7 Å². The molecule has 1 rings (SSSR count). The first kappa shape index (κ1) is 19.5. The van der Waals surface area contributed by atoms with Gasteiger partial charge >= 0.3 is 6.09 Å². The first-order valence-electron chi connectivity index (χ1n) is 8.20. The van der Waals surface area contributed by atoms with Crippen LogP contribution in [0.3, 0.4) is 0 Å². The van der Waals surface area contributed by atoms with Crippen LogP contribution in [0.5, 0.6) is 0 Å². The summed E-state index contributed by atoms with van der Waals surface area (Å²) in [6, 6.07) is 2.19. The summed E-state index contributed by atoms with van der Waals surface area (Å²) in [4.78, 5) is 14.2.